The van der Waals surface area contributed by atoms with Gasteiger partial charge in [-0.1, -0.05) is 13.0 Å². The molecule has 1 aromatic heterocycles. The van der Waals surface area contributed by atoms with Crippen LogP contribution in [0.4, 0.5) is 0 Å². The van der Waals surface area contributed by atoms with E-state index in [1.54, 1.807) is 7.11 Å². The summed E-state index contributed by atoms with van der Waals surface area (Å²) in [5.41, 5.74) is 3.67. The fraction of sp³-hybridized carbons (Fsp3) is 0.350. The Kier molecular flexibility index (Phi) is 5.46. The molecule has 0 spiro atoms. The molecule has 4 heteroatoms. The van der Waals surface area contributed by atoms with Gasteiger partial charge in [-0.15, -0.1) is 11.8 Å². The van der Waals surface area contributed by atoms with Crippen molar-refractivity contribution in [3.8, 4) is 5.75 Å². The van der Waals surface area contributed by atoms with E-state index in [4.69, 9.17) is 9.72 Å². The molecule has 0 aliphatic heterocycles. The molecule has 0 atom stereocenters. The second-order valence-electron chi connectivity index (χ2n) is 5.90. The number of hydrogen-bond acceptors (Lipinski definition) is 3. The average Bonchev–Trinajstić information content (AvgIpc) is 2.96. The number of nitrogens with zero attached hydrogens (tertiary/aromatic N) is 2. The fourth-order valence-electron chi connectivity index (χ4n) is 2.89. The van der Waals surface area contributed by atoms with Crippen molar-refractivity contribution in [2.24, 2.45) is 0 Å². The summed E-state index contributed by atoms with van der Waals surface area (Å²) in [6.07, 6.45) is 2.10. The summed E-state index contributed by atoms with van der Waals surface area (Å²) in [6.45, 7) is 5.34. The van der Waals surface area contributed by atoms with Crippen LogP contribution in [0.25, 0.3) is 11.0 Å². The Morgan fingerprint density at radius 2 is 1.92 bits per heavy atom. The first-order valence-electron chi connectivity index (χ1n) is 8.44. The molecular weight excluding hydrogens is 316 g/mol. The summed E-state index contributed by atoms with van der Waals surface area (Å²) in [4.78, 5) is 6.06. The summed E-state index contributed by atoms with van der Waals surface area (Å²) in [5, 5.41) is 0. The molecule has 1 heterocycles. The standard InChI is InChI=1S/C20H24N2OS/c1-4-20-21-18-11-6-15(2)14-19(18)22(20)12-5-13-24-17-9-7-16(23-3)8-10-17/h6-11,14H,4-5,12-13H2,1-3H3. The van der Waals surface area contributed by atoms with Crippen LogP contribution < -0.4 is 4.74 Å². The van der Waals surface area contributed by atoms with Crippen LogP contribution in [0.2, 0.25) is 0 Å². The fourth-order valence-corrected chi connectivity index (χ4v) is 3.72. The average molecular weight is 340 g/mol. The molecule has 0 radical (unpaired) electrons. The number of benzene rings is 2. The first-order valence-corrected chi connectivity index (χ1v) is 9.42. The monoisotopic (exact) mass is 340 g/mol. The van der Waals surface area contributed by atoms with E-state index in [0.717, 1.165) is 36.4 Å². The van der Waals surface area contributed by atoms with Crippen LogP contribution >= 0.6 is 11.8 Å². The number of rotatable bonds is 7. The first kappa shape index (κ1) is 16.9. The highest BCUT2D eigenvalue weighted by Gasteiger charge is 2.09. The number of aryl methyl sites for hydroxylation is 3. The van der Waals surface area contributed by atoms with Crippen LogP contribution in [0.1, 0.15) is 24.7 Å². The van der Waals surface area contributed by atoms with Gasteiger partial charge in [0.1, 0.15) is 11.6 Å². The molecule has 0 saturated carbocycles. The Bertz CT molecular complexity index is 808. The van der Waals surface area contributed by atoms with E-state index in [1.807, 2.05) is 23.9 Å². The van der Waals surface area contributed by atoms with Gasteiger partial charge in [0.25, 0.3) is 0 Å². The minimum atomic E-state index is 0.909. The van der Waals surface area contributed by atoms with Gasteiger partial charge in [0.05, 0.1) is 18.1 Å². The van der Waals surface area contributed by atoms with E-state index in [9.17, 15) is 0 Å². The van der Waals surface area contributed by atoms with Crippen LogP contribution in [-0.4, -0.2) is 22.4 Å². The van der Waals surface area contributed by atoms with Crippen molar-refractivity contribution in [3.05, 3.63) is 53.9 Å². The molecule has 126 valence electrons. The maximum atomic E-state index is 5.20. The molecule has 0 aliphatic carbocycles. The molecule has 3 rings (SSSR count). The molecule has 3 aromatic rings. The first-order chi connectivity index (χ1) is 11.7. The SMILES string of the molecule is CCc1nc2ccc(C)cc2n1CCCSc1ccc(OC)cc1. The Morgan fingerprint density at radius 1 is 1.12 bits per heavy atom. The predicted octanol–water partition coefficient (Wildman–Crippen LogP) is 5.10. The molecule has 3 nitrogen and oxygen atoms in total. The molecule has 0 amide bonds. The largest absolute Gasteiger partial charge is 0.497 e. The lowest BCUT2D eigenvalue weighted by molar-refractivity contribution is 0.414. The quantitative estimate of drug-likeness (QED) is 0.442. The molecule has 0 aliphatic rings. The van der Waals surface area contributed by atoms with Gasteiger partial charge in [-0.05, 0) is 61.1 Å². The summed E-state index contributed by atoms with van der Waals surface area (Å²) >= 11 is 1.89. The number of methoxy groups -OCH3 is 1. The third kappa shape index (κ3) is 3.75. The molecular formula is C20H24N2OS. The van der Waals surface area contributed by atoms with Gasteiger partial charge in [0.2, 0.25) is 0 Å². The van der Waals surface area contributed by atoms with Gasteiger partial charge in [-0.3, -0.25) is 0 Å². The van der Waals surface area contributed by atoms with Gasteiger partial charge in [-0.2, -0.15) is 0 Å². The van der Waals surface area contributed by atoms with Gasteiger partial charge in [0, 0.05) is 17.9 Å². The summed E-state index contributed by atoms with van der Waals surface area (Å²) in [7, 11) is 1.70. The van der Waals surface area contributed by atoms with Crippen molar-refractivity contribution < 1.29 is 4.74 Å². The van der Waals surface area contributed by atoms with Crippen LogP contribution in [0.3, 0.4) is 0 Å². The highest BCUT2D eigenvalue weighted by Crippen LogP contribution is 2.23. The van der Waals surface area contributed by atoms with E-state index < -0.39 is 0 Å². The minimum Gasteiger partial charge on any atom is -0.497 e. The third-order valence-electron chi connectivity index (χ3n) is 4.15. The number of ether oxygens (including phenoxy) is 1. The van der Waals surface area contributed by atoms with E-state index in [2.05, 4.69) is 48.7 Å². The number of imidazole rings is 1. The highest BCUT2D eigenvalue weighted by molar-refractivity contribution is 7.99. The topological polar surface area (TPSA) is 27.1 Å². The molecule has 0 fully saturated rings. The molecule has 0 saturated heterocycles. The van der Waals surface area contributed by atoms with E-state index in [1.165, 1.54) is 21.8 Å². The zero-order valence-corrected chi connectivity index (χ0v) is 15.4. The smallest absolute Gasteiger partial charge is 0.118 e. The van der Waals surface area contributed by atoms with Crippen molar-refractivity contribution in [2.75, 3.05) is 12.9 Å². The second-order valence-corrected chi connectivity index (χ2v) is 7.07. The molecule has 2 aromatic carbocycles. The van der Waals surface area contributed by atoms with Crippen molar-refractivity contribution in [3.63, 3.8) is 0 Å². The summed E-state index contributed by atoms with van der Waals surface area (Å²) in [6, 6.07) is 14.8. The lowest BCUT2D eigenvalue weighted by Gasteiger charge is -2.09. The normalized spacial score (nSPS) is 11.1. The van der Waals surface area contributed by atoms with Crippen LogP contribution in [0, 0.1) is 6.92 Å². The van der Waals surface area contributed by atoms with Crippen LogP contribution in [-0.2, 0) is 13.0 Å². The van der Waals surface area contributed by atoms with Gasteiger partial charge >= 0.3 is 0 Å². The van der Waals surface area contributed by atoms with Crippen molar-refractivity contribution in [1.29, 1.82) is 0 Å². The maximum absolute atomic E-state index is 5.20. The Hall–Kier alpha value is -1.94. The number of thioether (sulfide) groups is 1. The lowest BCUT2D eigenvalue weighted by Crippen LogP contribution is -2.04. The van der Waals surface area contributed by atoms with Gasteiger partial charge < -0.3 is 9.30 Å². The van der Waals surface area contributed by atoms with Crippen LogP contribution in [0.5, 0.6) is 5.75 Å². The summed E-state index contributed by atoms with van der Waals surface area (Å²) < 4.78 is 7.59. The number of fused-ring (bicyclic) bond motifs is 1. The van der Waals surface area contributed by atoms with Crippen LogP contribution in [0.15, 0.2) is 47.4 Å². The number of hydrogen-bond donors (Lipinski definition) is 0. The Morgan fingerprint density at radius 3 is 2.62 bits per heavy atom. The zero-order chi connectivity index (χ0) is 16.9. The second kappa shape index (κ2) is 7.75. The molecule has 24 heavy (non-hydrogen) atoms. The van der Waals surface area contributed by atoms with Gasteiger partial charge in [0.15, 0.2) is 0 Å². The highest BCUT2D eigenvalue weighted by atomic mass is 32.2. The van der Waals surface area contributed by atoms with E-state index in [0.29, 0.717) is 0 Å². The lowest BCUT2D eigenvalue weighted by atomic mass is 10.2. The van der Waals surface area contributed by atoms with E-state index >= 15 is 0 Å². The molecule has 0 bridgehead atoms. The predicted molar refractivity (Wildman–Crippen MR) is 102 cm³/mol. The van der Waals surface area contributed by atoms with Crippen molar-refractivity contribution in [2.45, 2.75) is 38.1 Å². The van der Waals surface area contributed by atoms with Crippen molar-refractivity contribution in [1.82, 2.24) is 9.55 Å². The third-order valence-corrected chi connectivity index (χ3v) is 5.25. The molecule has 0 unspecified atom stereocenters. The summed E-state index contributed by atoms with van der Waals surface area (Å²) in [5.74, 6) is 3.19. The Balaban J connectivity index is 1.63. The maximum Gasteiger partial charge on any atom is 0.118 e. The zero-order valence-electron chi connectivity index (χ0n) is 14.6. The Labute approximate surface area is 148 Å². The minimum absolute atomic E-state index is 0.909. The number of aromatic nitrogens is 2. The van der Waals surface area contributed by atoms with Crippen molar-refractivity contribution >= 4 is 22.8 Å². The van der Waals surface area contributed by atoms with Gasteiger partial charge in [-0.25, -0.2) is 4.98 Å². The molecule has 0 N–H and O–H groups in total. The van der Waals surface area contributed by atoms with E-state index in [-0.39, 0.29) is 0 Å².